The average molecular weight is 797 g/mol. The number of hydrogen-bond acceptors (Lipinski definition) is 12. The van der Waals surface area contributed by atoms with Crippen molar-refractivity contribution >= 4 is 40.6 Å². The predicted molar refractivity (Wildman–Crippen MR) is 202 cm³/mol. The number of nitrogens with one attached hydrogen (secondary N) is 3. The summed E-state index contributed by atoms with van der Waals surface area (Å²) in [7, 11) is 0. The van der Waals surface area contributed by atoms with Gasteiger partial charge >= 0.3 is 11.9 Å². The number of carboxylic acids is 1. The Morgan fingerprint density at radius 3 is 2.46 bits per heavy atom. The summed E-state index contributed by atoms with van der Waals surface area (Å²) < 4.78 is 33.3. The van der Waals surface area contributed by atoms with Gasteiger partial charge in [-0.1, -0.05) is 27.7 Å². The molecule has 5 rings (SSSR count). The summed E-state index contributed by atoms with van der Waals surface area (Å²) in [6.07, 6.45) is 0.489. The second-order valence-corrected chi connectivity index (χ2v) is 14.5. The van der Waals surface area contributed by atoms with E-state index in [-0.39, 0.29) is 80.7 Å². The van der Waals surface area contributed by atoms with Gasteiger partial charge in [0.1, 0.15) is 25.4 Å². The average Bonchev–Trinajstić information content (AvgIpc) is 3.54. The van der Waals surface area contributed by atoms with Crippen LogP contribution in [0.25, 0.3) is 22.3 Å². The maximum Gasteiger partial charge on any atom is 0.343 e. The number of aryl methyl sites for hydroxylation is 1. The van der Waals surface area contributed by atoms with Crippen molar-refractivity contribution in [3.63, 3.8) is 0 Å². The van der Waals surface area contributed by atoms with Crippen molar-refractivity contribution in [3.05, 3.63) is 56.6 Å². The number of ether oxygens (including phenoxy) is 3. The van der Waals surface area contributed by atoms with Crippen LogP contribution in [-0.4, -0.2) is 87.5 Å². The Labute approximate surface area is 327 Å². The standard InChI is InChI=1S/C39H49FN6O11/c1-6-21-22-13-30(26(40)15-28(22)44-33-23(21)16-46-29(33)14-25-24(37(46)52)17-57-38(53)39(25,54)7-2)56-12-8-11-55-18-42-34(49)20(5)43-36(51)32(19(3)4)45-35(50)27(41)9-10-31(47)48/h13-15,19-20,27,32,54H,6-12,16-18,41H2,1-5H3,(H,42,49)(H,43,51)(H,45,50)(H,47,48)/t20-,27-,32-,39-/m0/s1. The predicted octanol–water partition coefficient (Wildman–Crippen LogP) is 1.48. The molecule has 0 spiro atoms. The highest BCUT2D eigenvalue weighted by Gasteiger charge is 2.45. The van der Waals surface area contributed by atoms with E-state index >= 15 is 4.39 Å². The summed E-state index contributed by atoms with van der Waals surface area (Å²) in [6, 6.07) is 1.35. The Bertz CT molecular complexity index is 2140. The number of aliphatic carboxylic acids is 1. The fraction of sp³-hybridized carbons (Fsp3) is 0.513. The third-order valence-electron chi connectivity index (χ3n) is 10.3. The molecular weight excluding hydrogens is 747 g/mol. The number of fused-ring (bicyclic) bond motifs is 5. The molecule has 0 unspecified atom stereocenters. The van der Waals surface area contributed by atoms with Crippen LogP contribution in [0.15, 0.2) is 23.0 Å². The summed E-state index contributed by atoms with van der Waals surface area (Å²) in [5.74, 6) is -4.76. The number of rotatable bonds is 18. The minimum Gasteiger partial charge on any atom is -0.490 e. The second-order valence-electron chi connectivity index (χ2n) is 14.5. The molecule has 0 bridgehead atoms. The van der Waals surface area contributed by atoms with Crippen molar-refractivity contribution in [2.75, 3.05) is 19.9 Å². The third-order valence-corrected chi connectivity index (χ3v) is 10.3. The number of pyridine rings is 2. The van der Waals surface area contributed by atoms with Crippen molar-refractivity contribution in [2.45, 2.75) is 104 Å². The van der Waals surface area contributed by atoms with Crippen LogP contribution in [0, 0.1) is 11.7 Å². The van der Waals surface area contributed by atoms with Gasteiger partial charge in [-0.2, -0.15) is 0 Å². The number of carbonyl (C=O) groups is 5. The van der Waals surface area contributed by atoms with E-state index in [1.807, 2.05) is 6.92 Å². The van der Waals surface area contributed by atoms with Crippen LogP contribution in [0.3, 0.4) is 0 Å². The smallest absolute Gasteiger partial charge is 0.343 e. The zero-order valence-electron chi connectivity index (χ0n) is 32.5. The van der Waals surface area contributed by atoms with E-state index in [1.165, 1.54) is 17.6 Å². The Morgan fingerprint density at radius 1 is 1.05 bits per heavy atom. The van der Waals surface area contributed by atoms with Crippen molar-refractivity contribution in [1.29, 1.82) is 0 Å². The highest BCUT2D eigenvalue weighted by atomic mass is 19.1. The molecule has 2 aliphatic rings. The number of amides is 3. The SMILES string of the molecule is CCc1c2c(nc3cc(F)c(OCCCOCNC(=O)[C@H](C)NC(=O)[C@@H](NC(=O)[C@@H](N)CCC(=O)O)C(C)C)cc13)-c1cc3c(c(=O)n1C2)COC(=O)[C@]3(O)CC. The molecule has 0 radical (unpaired) electrons. The van der Waals surface area contributed by atoms with E-state index in [0.717, 1.165) is 11.1 Å². The molecule has 18 heteroatoms. The normalized spacial score (nSPS) is 17.2. The molecule has 308 valence electrons. The number of hydrogen-bond donors (Lipinski definition) is 6. The Hall–Kier alpha value is -5.46. The molecule has 4 heterocycles. The molecule has 3 amide bonds. The number of aromatic nitrogens is 2. The van der Waals surface area contributed by atoms with E-state index in [4.69, 9.17) is 30.0 Å². The number of benzene rings is 1. The molecule has 0 saturated heterocycles. The summed E-state index contributed by atoms with van der Waals surface area (Å²) >= 11 is 0. The summed E-state index contributed by atoms with van der Waals surface area (Å²) in [5.41, 5.74) is 6.70. The van der Waals surface area contributed by atoms with Gasteiger partial charge in [-0.3, -0.25) is 24.0 Å². The minimum absolute atomic E-state index is 0.00164. The first kappa shape index (κ1) is 42.7. The topological polar surface area (TPSA) is 250 Å². The van der Waals surface area contributed by atoms with E-state index < -0.39 is 59.2 Å². The summed E-state index contributed by atoms with van der Waals surface area (Å²) in [6.45, 7) is 8.43. The van der Waals surface area contributed by atoms with Gasteiger partial charge in [0.15, 0.2) is 17.2 Å². The van der Waals surface area contributed by atoms with Crippen molar-refractivity contribution in [1.82, 2.24) is 25.5 Å². The van der Waals surface area contributed by atoms with Crippen LogP contribution in [0.5, 0.6) is 5.75 Å². The zero-order chi connectivity index (χ0) is 41.8. The van der Waals surface area contributed by atoms with Crippen molar-refractivity contribution < 1.29 is 52.8 Å². The van der Waals surface area contributed by atoms with Crippen LogP contribution in [0.2, 0.25) is 0 Å². The molecule has 2 aromatic heterocycles. The monoisotopic (exact) mass is 796 g/mol. The quantitative estimate of drug-likeness (QED) is 0.0475. The van der Waals surface area contributed by atoms with E-state index in [1.54, 1.807) is 32.9 Å². The molecule has 57 heavy (non-hydrogen) atoms. The highest BCUT2D eigenvalue weighted by Crippen LogP contribution is 2.41. The first-order chi connectivity index (χ1) is 27.0. The van der Waals surface area contributed by atoms with Gasteiger partial charge in [0.25, 0.3) is 5.56 Å². The number of cyclic esters (lactones) is 1. The van der Waals surface area contributed by atoms with Crippen LogP contribution in [-0.2, 0) is 58.6 Å². The molecule has 1 aromatic carbocycles. The number of esters is 1. The lowest BCUT2D eigenvalue weighted by Gasteiger charge is -2.31. The first-order valence-electron chi connectivity index (χ1n) is 18.9. The number of nitrogens with zero attached hydrogens (tertiary/aromatic N) is 2. The molecule has 17 nitrogen and oxygen atoms in total. The van der Waals surface area contributed by atoms with Crippen molar-refractivity contribution in [3.8, 4) is 17.1 Å². The molecule has 4 atom stereocenters. The van der Waals surface area contributed by atoms with Crippen molar-refractivity contribution in [2.24, 2.45) is 11.7 Å². The molecule has 7 N–H and O–H groups in total. The van der Waals surface area contributed by atoms with E-state index in [0.29, 0.717) is 35.1 Å². The zero-order valence-corrected chi connectivity index (χ0v) is 32.5. The van der Waals surface area contributed by atoms with Gasteiger partial charge in [-0.15, -0.1) is 0 Å². The third kappa shape index (κ3) is 8.92. The molecule has 0 saturated carbocycles. The lowest BCUT2D eigenvalue weighted by Crippen LogP contribution is -2.56. The Balaban J connectivity index is 1.14. The highest BCUT2D eigenvalue weighted by molar-refractivity contribution is 5.93. The van der Waals surface area contributed by atoms with Crippen LogP contribution in [0.1, 0.15) is 82.6 Å². The Kier molecular flexibility index (Phi) is 13.3. The molecule has 3 aromatic rings. The largest absolute Gasteiger partial charge is 0.490 e. The van der Waals surface area contributed by atoms with Gasteiger partial charge < -0.3 is 50.7 Å². The second kappa shape index (κ2) is 17.8. The van der Waals surface area contributed by atoms with Crippen LogP contribution >= 0.6 is 0 Å². The summed E-state index contributed by atoms with van der Waals surface area (Å²) in [5, 5.41) is 28.2. The van der Waals surface area contributed by atoms with Gasteiger partial charge in [0.2, 0.25) is 17.7 Å². The van der Waals surface area contributed by atoms with Crippen LogP contribution in [0.4, 0.5) is 4.39 Å². The number of carboxylic acid groups (broad SMARTS) is 1. The lowest BCUT2D eigenvalue weighted by molar-refractivity contribution is -0.172. The number of nitrogens with two attached hydrogens (primary N) is 1. The van der Waals surface area contributed by atoms with Gasteiger partial charge in [-0.25, -0.2) is 14.2 Å². The maximum atomic E-state index is 15.4. The molecule has 2 aliphatic heterocycles. The lowest BCUT2D eigenvalue weighted by atomic mass is 9.86. The van der Waals surface area contributed by atoms with Gasteiger partial charge in [-0.05, 0) is 49.8 Å². The minimum atomic E-state index is -1.96. The van der Waals surface area contributed by atoms with Gasteiger partial charge in [0.05, 0.1) is 48.3 Å². The first-order valence-corrected chi connectivity index (χ1v) is 18.9. The van der Waals surface area contributed by atoms with Crippen LogP contribution < -0.4 is 32.0 Å². The molecular formula is C39H49FN6O11. The Morgan fingerprint density at radius 2 is 1.79 bits per heavy atom. The maximum absolute atomic E-state index is 15.4. The van der Waals surface area contributed by atoms with Gasteiger partial charge in [0, 0.05) is 35.4 Å². The van der Waals surface area contributed by atoms with E-state index in [2.05, 4.69) is 16.0 Å². The number of carbonyl (C=O) groups excluding carboxylic acids is 4. The summed E-state index contributed by atoms with van der Waals surface area (Å²) in [4.78, 5) is 79.5. The molecule has 0 fully saturated rings. The fourth-order valence-electron chi connectivity index (χ4n) is 6.94. The number of aliphatic hydroxyl groups is 1. The number of halogens is 1. The van der Waals surface area contributed by atoms with E-state index in [9.17, 15) is 33.9 Å². The molecule has 0 aliphatic carbocycles. The fourth-order valence-corrected chi connectivity index (χ4v) is 6.94.